The van der Waals surface area contributed by atoms with Crippen molar-refractivity contribution in [3.05, 3.63) is 58.1 Å². The summed E-state index contributed by atoms with van der Waals surface area (Å²) in [6.45, 7) is 4.82. The number of fused-ring (bicyclic) bond motifs is 2. The van der Waals surface area contributed by atoms with Crippen molar-refractivity contribution in [2.75, 3.05) is 39.4 Å². The smallest absolute Gasteiger partial charge is 0.347 e. The Bertz CT molecular complexity index is 1110. The number of hydrogen-bond donors (Lipinski definition) is 1. The molecule has 0 saturated carbocycles. The Labute approximate surface area is 166 Å². The number of carbonyl (C=O) groups excluding carboxylic acids is 1. The SMILES string of the molecule is O=C(c1ccc2n[nH]c(=O)n2c1)N1CCN(Cc2ccc3c(c2)OCCO3)CC1. The molecule has 2 aliphatic rings. The van der Waals surface area contributed by atoms with Crippen molar-refractivity contribution >= 4 is 11.6 Å². The van der Waals surface area contributed by atoms with E-state index in [0.29, 0.717) is 37.5 Å². The highest BCUT2D eigenvalue weighted by Gasteiger charge is 2.23. The largest absolute Gasteiger partial charge is 0.486 e. The van der Waals surface area contributed by atoms with Crippen LogP contribution in [0.2, 0.25) is 0 Å². The number of aromatic amines is 1. The van der Waals surface area contributed by atoms with Gasteiger partial charge < -0.3 is 14.4 Å². The lowest BCUT2D eigenvalue weighted by molar-refractivity contribution is 0.0627. The quantitative estimate of drug-likeness (QED) is 0.704. The van der Waals surface area contributed by atoms with E-state index in [9.17, 15) is 9.59 Å². The first-order valence-electron chi connectivity index (χ1n) is 9.64. The van der Waals surface area contributed by atoms with E-state index in [-0.39, 0.29) is 11.6 Å². The minimum absolute atomic E-state index is 0.0704. The number of amides is 1. The van der Waals surface area contributed by atoms with Gasteiger partial charge in [0.15, 0.2) is 17.1 Å². The van der Waals surface area contributed by atoms with Crippen molar-refractivity contribution < 1.29 is 14.3 Å². The third kappa shape index (κ3) is 3.44. The molecule has 3 aromatic rings. The number of aromatic nitrogens is 3. The third-order valence-electron chi connectivity index (χ3n) is 5.33. The molecular weight excluding hydrogens is 374 g/mol. The zero-order valence-corrected chi connectivity index (χ0v) is 15.8. The lowest BCUT2D eigenvalue weighted by atomic mass is 10.1. The molecule has 0 unspecified atom stereocenters. The summed E-state index contributed by atoms with van der Waals surface area (Å²) >= 11 is 0. The van der Waals surface area contributed by atoms with Crippen LogP contribution >= 0.6 is 0 Å². The average Bonchev–Trinajstić information content (AvgIpc) is 3.14. The second-order valence-electron chi connectivity index (χ2n) is 7.22. The Morgan fingerprint density at radius 3 is 2.66 bits per heavy atom. The highest BCUT2D eigenvalue weighted by Crippen LogP contribution is 2.31. The van der Waals surface area contributed by atoms with Gasteiger partial charge in [0.1, 0.15) is 13.2 Å². The summed E-state index contributed by atoms with van der Waals surface area (Å²) in [5.41, 5.74) is 1.80. The fraction of sp³-hybridized carbons (Fsp3) is 0.350. The van der Waals surface area contributed by atoms with Gasteiger partial charge in [0.05, 0.1) is 5.56 Å². The van der Waals surface area contributed by atoms with Crippen molar-refractivity contribution in [3.8, 4) is 11.5 Å². The molecule has 9 nitrogen and oxygen atoms in total. The second-order valence-corrected chi connectivity index (χ2v) is 7.22. The number of benzene rings is 1. The van der Waals surface area contributed by atoms with Crippen LogP contribution in [0.4, 0.5) is 0 Å². The van der Waals surface area contributed by atoms with Crippen LogP contribution in [0.3, 0.4) is 0 Å². The van der Waals surface area contributed by atoms with Crippen LogP contribution in [0.25, 0.3) is 5.65 Å². The molecule has 1 fully saturated rings. The summed E-state index contributed by atoms with van der Waals surface area (Å²) in [7, 11) is 0. The zero-order valence-electron chi connectivity index (χ0n) is 15.8. The van der Waals surface area contributed by atoms with Crippen LogP contribution in [0.1, 0.15) is 15.9 Å². The number of piperazine rings is 1. The van der Waals surface area contributed by atoms with Crippen LogP contribution in [-0.4, -0.2) is 69.7 Å². The van der Waals surface area contributed by atoms with Crippen molar-refractivity contribution in [1.82, 2.24) is 24.4 Å². The molecule has 5 rings (SSSR count). The maximum absolute atomic E-state index is 12.8. The van der Waals surface area contributed by atoms with Gasteiger partial charge in [-0.3, -0.25) is 9.69 Å². The molecule has 0 bridgehead atoms. The third-order valence-corrected chi connectivity index (χ3v) is 5.33. The summed E-state index contributed by atoms with van der Waals surface area (Å²) in [5, 5.41) is 6.26. The molecule has 0 spiro atoms. The van der Waals surface area contributed by atoms with Gasteiger partial charge in [0, 0.05) is 38.9 Å². The maximum Gasteiger partial charge on any atom is 0.347 e. The molecule has 1 aromatic carbocycles. The molecule has 0 radical (unpaired) electrons. The predicted octanol–water partition coefficient (Wildman–Crippen LogP) is 0.752. The lowest BCUT2D eigenvalue weighted by Crippen LogP contribution is -2.48. The van der Waals surface area contributed by atoms with Crippen molar-refractivity contribution in [2.45, 2.75) is 6.54 Å². The number of ether oxygens (including phenoxy) is 2. The maximum atomic E-state index is 12.8. The molecule has 9 heteroatoms. The number of nitrogens with zero attached hydrogens (tertiary/aromatic N) is 4. The molecule has 1 saturated heterocycles. The normalized spacial score (nSPS) is 16.9. The number of hydrogen-bond acceptors (Lipinski definition) is 6. The van der Waals surface area contributed by atoms with E-state index in [1.807, 2.05) is 17.0 Å². The van der Waals surface area contributed by atoms with E-state index >= 15 is 0 Å². The summed E-state index contributed by atoms with van der Waals surface area (Å²) in [6.07, 6.45) is 1.55. The molecule has 1 N–H and O–H groups in total. The number of H-pyrrole nitrogens is 1. The molecule has 2 aromatic heterocycles. The molecule has 4 heterocycles. The van der Waals surface area contributed by atoms with Gasteiger partial charge in [-0.2, -0.15) is 5.10 Å². The summed E-state index contributed by atoms with van der Waals surface area (Å²) in [6, 6.07) is 9.42. The van der Waals surface area contributed by atoms with Crippen molar-refractivity contribution in [3.63, 3.8) is 0 Å². The first-order valence-corrected chi connectivity index (χ1v) is 9.64. The van der Waals surface area contributed by atoms with Crippen LogP contribution in [0.15, 0.2) is 41.3 Å². The predicted molar refractivity (Wildman–Crippen MR) is 104 cm³/mol. The van der Waals surface area contributed by atoms with Gasteiger partial charge in [-0.25, -0.2) is 14.3 Å². The van der Waals surface area contributed by atoms with Gasteiger partial charge in [-0.1, -0.05) is 6.07 Å². The lowest BCUT2D eigenvalue weighted by Gasteiger charge is -2.35. The van der Waals surface area contributed by atoms with Crippen molar-refractivity contribution in [2.24, 2.45) is 0 Å². The van der Waals surface area contributed by atoms with Crippen molar-refractivity contribution in [1.29, 1.82) is 0 Å². The molecule has 150 valence electrons. The summed E-state index contributed by atoms with van der Waals surface area (Å²) in [5.74, 6) is 1.52. The number of nitrogens with one attached hydrogen (secondary N) is 1. The van der Waals surface area contributed by atoms with E-state index in [2.05, 4.69) is 21.2 Å². The standard InChI is InChI=1S/C20H21N5O4/c26-19(15-2-4-18-21-22-20(27)25(18)13-15)24-7-5-23(6-8-24)12-14-1-3-16-17(11-14)29-10-9-28-16/h1-4,11,13H,5-10,12H2,(H,22,27). The first-order chi connectivity index (χ1) is 14.2. The topological polar surface area (TPSA) is 92.2 Å². The monoisotopic (exact) mass is 395 g/mol. The Kier molecular flexibility index (Phi) is 4.44. The van der Waals surface area contributed by atoms with E-state index in [0.717, 1.165) is 31.1 Å². The number of pyridine rings is 1. The summed E-state index contributed by atoms with van der Waals surface area (Å²) in [4.78, 5) is 28.7. The Balaban J connectivity index is 1.22. The van der Waals surface area contributed by atoms with E-state index < -0.39 is 0 Å². The Morgan fingerprint density at radius 2 is 1.83 bits per heavy atom. The molecular formula is C20H21N5O4. The fourth-order valence-corrected chi connectivity index (χ4v) is 3.77. The molecule has 0 aliphatic carbocycles. The first kappa shape index (κ1) is 17.7. The van der Waals surface area contributed by atoms with E-state index in [1.165, 1.54) is 9.96 Å². The van der Waals surface area contributed by atoms with Gasteiger partial charge in [0.25, 0.3) is 5.91 Å². The minimum Gasteiger partial charge on any atom is -0.486 e. The van der Waals surface area contributed by atoms with E-state index in [1.54, 1.807) is 18.3 Å². The highest BCUT2D eigenvalue weighted by molar-refractivity contribution is 5.94. The Hall–Kier alpha value is -3.33. The summed E-state index contributed by atoms with van der Waals surface area (Å²) < 4.78 is 12.6. The van der Waals surface area contributed by atoms with Gasteiger partial charge >= 0.3 is 5.69 Å². The van der Waals surface area contributed by atoms with Gasteiger partial charge in [-0.15, -0.1) is 0 Å². The Morgan fingerprint density at radius 1 is 1.03 bits per heavy atom. The molecule has 1 amide bonds. The number of rotatable bonds is 3. The van der Waals surface area contributed by atoms with Gasteiger partial charge in [0.2, 0.25) is 0 Å². The molecule has 0 atom stereocenters. The zero-order chi connectivity index (χ0) is 19.8. The van der Waals surface area contributed by atoms with Crippen LogP contribution < -0.4 is 15.2 Å². The average molecular weight is 395 g/mol. The van der Waals surface area contributed by atoms with E-state index in [4.69, 9.17) is 9.47 Å². The number of carbonyl (C=O) groups is 1. The molecule has 29 heavy (non-hydrogen) atoms. The van der Waals surface area contributed by atoms with Crippen LogP contribution in [0.5, 0.6) is 11.5 Å². The van der Waals surface area contributed by atoms with Crippen LogP contribution in [-0.2, 0) is 6.54 Å². The van der Waals surface area contributed by atoms with Crippen LogP contribution in [0, 0.1) is 0 Å². The second kappa shape index (κ2) is 7.25. The minimum atomic E-state index is -0.348. The highest BCUT2D eigenvalue weighted by atomic mass is 16.6. The molecule has 2 aliphatic heterocycles. The van der Waals surface area contributed by atoms with Gasteiger partial charge in [-0.05, 0) is 29.8 Å². The fourth-order valence-electron chi connectivity index (χ4n) is 3.77.